The van der Waals surface area contributed by atoms with Crippen LogP contribution in [0.1, 0.15) is 29.9 Å². The second-order valence-corrected chi connectivity index (χ2v) is 11.2. The highest BCUT2D eigenvalue weighted by atomic mass is 32.1. The average Bonchev–Trinajstić information content (AvgIpc) is 3.30. The number of aryl methyl sites for hydroxylation is 1. The Morgan fingerprint density at radius 2 is 1.82 bits per heavy atom. The normalized spacial score (nSPS) is 20.5. The van der Waals surface area contributed by atoms with Crippen LogP contribution in [0.5, 0.6) is 5.88 Å². The van der Waals surface area contributed by atoms with E-state index in [1.807, 2.05) is 26.0 Å². The number of hydrogen-bond donors (Lipinski definition) is 1. The molecule has 1 unspecified atom stereocenters. The van der Waals surface area contributed by atoms with Crippen LogP contribution in [0.25, 0.3) is 22.6 Å². The van der Waals surface area contributed by atoms with Gasteiger partial charge in [-0.1, -0.05) is 11.3 Å². The predicted octanol–water partition coefficient (Wildman–Crippen LogP) is 4.23. The number of pyridine rings is 1. The third-order valence-electron chi connectivity index (χ3n) is 7.21. The monoisotopic (exact) mass is 536 g/mol. The number of benzene rings is 1. The van der Waals surface area contributed by atoms with Gasteiger partial charge in [0.1, 0.15) is 29.0 Å². The van der Waals surface area contributed by atoms with Crippen LogP contribution in [0.4, 0.5) is 8.78 Å². The number of carbonyl (C=O) groups is 1. The summed E-state index contributed by atoms with van der Waals surface area (Å²) in [6.45, 7) is 4.91. The van der Waals surface area contributed by atoms with Crippen LogP contribution in [0.2, 0.25) is 0 Å². The van der Waals surface area contributed by atoms with E-state index in [0.717, 1.165) is 22.5 Å². The smallest absolute Gasteiger partial charge is 0.272 e. The number of ether oxygens (including phenoxy) is 1. The van der Waals surface area contributed by atoms with Gasteiger partial charge in [-0.2, -0.15) is 9.49 Å². The summed E-state index contributed by atoms with van der Waals surface area (Å²) in [4.78, 5) is 23.7. The Kier molecular flexibility index (Phi) is 5.80. The first-order chi connectivity index (χ1) is 18.1. The molecule has 0 radical (unpaired) electrons. The molecule has 1 saturated heterocycles. The van der Waals surface area contributed by atoms with Crippen molar-refractivity contribution in [3.8, 4) is 28.5 Å². The summed E-state index contributed by atoms with van der Waals surface area (Å²) in [5, 5.41) is 3.85. The Hall–Kier alpha value is -3.70. The van der Waals surface area contributed by atoms with E-state index in [1.165, 1.54) is 22.3 Å². The Balaban J connectivity index is 1.16. The van der Waals surface area contributed by atoms with Crippen LogP contribution < -0.4 is 10.5 Å². The average molecular weight is 537 g/mol. The number of nitrogens with zero attached hydrogens (tertiary/aromatic N) is 5. The molecule has 2 aliphatic rings. The summed E-state index contributed by atoms with van der Waals surface area (Å²) >= 11 is 0.894. The fourth-order valence-electron chi connectivity index (χ4n) is 5.00. The van der Waals surface area contributed by atoms with E-state index < -0.39 is 10.7 Å². The van der Waals surface area contributed by atoms with Crippen molar-refractivity contribution >= 4 is 17.2 Å². The summed E-state index contributed by atoms with van der Waals surface area (Å²) < 4.78 is 35.2. The van der Waals surface area contributed by atoms with Crippen molar-refractivity contribution in [2.24, 2.45) is 24.6 Å². The zero-order valence-electron chi connectivity index (χ0n) is 21.1. The minimum absolute atomic E-state index is 0.0602. The topological polar surface area (TPSA) is 99.2 Å². The van der Waals surface area contributed by atoms with Crippen molar-refractivity contribution in [2.75, 3.05) is 13.1 Å². The third kappa shape index (κ3) is 4.45. The molecule has 0 spiro atoms. The molecule has 1 amide bonds. The summed E-state index contributed by atoms with van der Waals surface area (Å²) in [6.07, 6.45) is -0.0602. The summed E-state index contributed by atoms with van der Waals surface area (Å²) in [5.41, 5.74) is 10.3. The largest absolute Gasteiger partial charge is 0.474 e. The van der Waals surface area contributed by atoms with Crippen LogP contribution in [-0.4, -0.2) is 49.7 Å². The zero-order valence-corrected chi connectivity index (χ0v) is 21.9. The number of piperidine rings is 1. The number of halogens is 2. The zero-order chi connectivity index (χ0) is 26.8. The quantitative estimate of drug-likeness (QED) is 0.396. The maximum Gasteiger partial charge on any atom is 0.272 e. The molecule has 2 N–H and O–H groups in total. The fourth-order valence-corrected chi connectivity index (χ4v) is 5.52. The minimum atomic E-state index is -0.623. The van der Waals surface area contributed by atoms with Crippen LogP contribution in [0, 0.1) is 22.8 Å². The number of amides is 1. The fraction of sp³-hybridized carbons (Fsp3) is 0.333. The molecule has 3 aromatic heterocycles. The number of likely N-dealkylation sites (tertiary alicyclic amines) is 1. The van der Waals surface area contributed by atoms with Crippen LogP contribution in [-0.2, 0) is 12.6 Å². The Morgan fingerprint density at radius 1 is 1.11 bits per heavy atom. The van der Waals surface area contributed by atoms with E-state index >= 15 is 0 Å². The molecule has 6 rings (SSSR count). The molecule has 1 aliphatic carbocycles. The predicted molar refractivity (Wildman–Crippen MR) is 138 cm³/mol. The number of aromatic nitrogens is 4. The molecular weight excluding hydrogens is 510 g/mol. The molecule has 2 fully saturated rings. The molecule has 0 bridgehead atoms. The van der Waals surface area contributed by atoms with E-state index in [0.29, 0.717) is 36.1 Å². The SMILES string of the molecule is Cn1nc(-c2ncsc2F)cc1C(=O)N1C[C@@H]2C(Oc3cc(C(C)(C)N)cc(-c4ccc(F)cc4)n3)[C@@H]2C1. The van der Waals surface area contributed by atoms with E-state index in [-0.39, 0.29) is 35.4 Å². The first-order valence-electron chi connectivity index (χ1n) is 12.2. The molecule has 4 heterocycles. The van der Waals surface area contributed by atoms with Crippen molar-refractivity contribution in [1.82, 2.24) is 24.6 Å². The van der Waals surface area contributed by atoms with Crippen LogP contribution in [0.15, 0.2) is 48.0 Å². The Morgan fingerprint density at radius 3 is 2.45 bits per heavy atom. The Bertz CT molecular complexity index is 1520. The van der Waals surface area contributed by atoms with Crippen molar-refractivity contribution < 1.29 is 18.3 Å². The number of rotatable bonds is 6. The van der Waals surface area contributed by atoms with E-state index in [1.54, 1.807) is 30.1 Å². The lowest BCUT2D eigenvalue weighted by molar-refractivity contribution is 0.0740. The Labute approximate surface area is 222 Å². The summed E-state index contributed by atoms with van der Waals surface area (Å²) in [5.74, 6) is 0.361. The van der Waals surface area contributed by atoms with Crippen LogP contribution >= 0.6 is 11.3 Å². The van der Waals surface area contributed by atoms with Crippen molar-refractivity contribution in [1.29, 1.82) is 0 Å². The summed E-state index contributed by atoms with van der Waals surface area (Å²) in [7, 11) is 1.67. The first kappa shape index (κ1) is 24.6. The lowest BCUT2D eigenvalue weighted by Gasteiger charge is -2.22. The van der Waals surface area contributed by atoms with Crippen LogP contribution in [0.3, 0.4) is 0 Å². The highest BCUT2D eigenvalue weighted by Crippen LogP contribution is 2.48. The standard InChI is InChI=1S/C27H26F2N6O2S/c1-27(2,30)15-8-19(14-4-6-16(28)7-5-14)32-22(9-15)37-24-17-11-35(12-18(17)24)26(36)21-10-20(33-34(21)3)23-25(29)38-13-31-23/h4-10,13,17-18,24H,11-12,30H2,1-3H3/t17-,18+,24?. The number of hydrogen-bond acceptors (Lipinski definition) is 7. The van der Waals surface area contributed by atoms with Gasteiger partial charge in [0.05, 0.1) is 11.2 Å². The van der Waals surface area contributed by atoms with Gasteiger partial charge in [-0.25, -0.2) is 14.4 Å². The van der Waals surface area contributed by atoms with Gasteiger partial charge >= 0.3 is 0 Å². The van der Waals surface area contributed by atoms with Gasteiger partial charge in [-0.15, -0.1) is 0 Å². The first-order valence-corrected chi connectivity index (χ1v) is 13.1. The molecule has 196 valence electrons. The maximum absolute atomic E-state index is 14.0. The highest BCUT2D eigenvalue weighted by Gasteiger charge is 2.59. The third-order valence-corrected chi connectivity index (χ3v) is 7.82. The van der Waals surface area contributed by atoms with Crippen molar-refractivity contribution in [3.63, 3.8) is 0 Å². The van der Waals surface area contributed by atoms with Gasteiger partial charge < -0.3 is 15.4 Å². The molecule has 8 nitrogen and oxygen atoms in total. The summed E-state index contributed by atoms with van der Waals surface area (Å²) in [6, 6.07) is 11.5. The van der Waals surface area contributed by atoms with Gasteiger partial charge in [0, 0.05) is 49.1 Å². The molecule has 38 heavy (non-hydrogen) atoms. The molecule has 3 atom stereocenters. The molecular formula is C27H26F2N6O2S. The maximum atomic E-state index is 14.0. The number of nitrogens with two attached hydrogens (primary N) is 1. The molecule has 1 aromatic carbocycles. The number of carbonyl (C=O) groups excluding carboxylic acids is 1. The van der Waals surface area contributed by atoms with Crippen molar-refractivity contribution in [2.45, 2.75) is 25.5 Å². The van der Waals surface area contributed by atoms with E-state index in [4.69, 9.17) is 10.5 Å². The molecule has 1 aliphatic heterocycles. The highest BCUT2D eigenvalue weighted by molar-refractivity contribution is 7.08. The van der Waals surface area contributed by atoms with Gasteiger partial charge in [-0.3, -0.25) is 9.48 Å². The molecule has 4 aromatic rings. The number of thiazole rings is 1. The van der Waals surface area contributed by atoms with E-state index in [9.17, 15) is 13.6 Å². The molecule has 1 saturated carbocycles. The van der Waals surface area contributed by atoms with Crippen molar-refractivity contribution in [3.05, 3.63) is 70.2 Å². The lowest BCUT2D eigenvalue weighted by Crippen LogP contribution is -2.34. The molecule has 11 heteroatoms. The second-order valence-electron chi connectivity index (χ2n) is 10.4. The lowest BCUT2D eigenvalue weighted by atomic mass is 9.95. The van der Waals surface area contributed by atoms with Gasteiger partial charge in [0.15, 0.2) is 0 Å². The number of fused-ring (bicyclic) bond motifs is 1. The van der Waals surface area contributed by atoms with Gasteiger partial charge in [0.2, 0.25) is 11.0 Å². The van der Waals surface area contributed by atoms with E-state index in [2.05, 4.69) is 15.1 Å². The van der Waals surface area contributed by atoms with Gasteiger partial charge in [-0.05, 0) is 55.8 Å². The second kappa shape index (κ2) is 8.95. The minimum Gasteiger partial charge on any atom is -0.474 e. The van der Waals surface area contributed by atoms with Gasteiger partial charge in [0.25, 0.3) is 5.91 Å².